The molecule has 0 fully saturated rings. The molecule has 1 N–H and O–H groups in total. The summed E-state index contributed by atoms with van der Waals surface area (Å²) in [6.45, 7) is 5.21. The highest BCUT2D eigenvalue weighted by atomic mass is 35.5. The van der Waals surface area contributed by atoms with Crippen molar-refractivity contribution in [2.24, 2.45) is 0 Å². The van der Waals surface area contributed by atoms with Gasteiger partial charge in [0.2, 0.25) is 0 Å². The topological polar surface area (TPSA) is 21.3 Å². The van der Waals surface area contributed by atoms with E-state index in [0.717, 1.165) is 23.7 Å². The van der Waals surface area contributed by atoms with E-state index in [0.29, 0.717) is 6.04 Å². The van der Waals surface area contributed by atoms with Crippen LogP contribution in [-0.4, -0.2) is 6.54 Å². The van der Waals surface area contributed by atoms with Crippen molar-refractivity contribution < 1.29 is 4.74 Å². The Balaban J connectivity index is 1.96. The zero-order chi connectivity index (χ0) is 14.1. The minimum Gasteiger partial charge on any atom is -0.484 e. The van der Waals surface area contributed by atoms with Crippen molar-refractivity contribution >= 4 is 22.9 Å². The largest absolute Gasteiger partial charge is 0.484 e. The first kappa shape index (κ1) is 13.9. The third-order valence-electron chi connectivity index (χ3n) is 3.71. The van der Waals surface area contributed by atoms with E-state index in [9.17, 15) is 0 Å². The Labute approximate surface area is 128 Å². The minimum absolute atomic E-state index is 0.132. The molecule has 1 aliphatic heterocycles. The van der Waals surface area contributed by atoms with Crippen LogP contribution in [0.25, 0.3) is 0 Å². The average molecular weight is 308 g/mol. The van der Waals surface area contributed by atoms with Crippen LogP contribution in [-0.2, 0) is 0 Å². The molecule has 2 atom stereocenters. The van der Waals surface area contributed by atoms with Crippen LogP contribution in [0.4, 0.5) is 0 Å². The molecular weight excluding hydrogens is 290 g/mol. The Morgan fingerprint density at radius 2 is 2.25 bits per heavy atom. The molecule has 0 radical (unpaired) electrons. The zero-order valence-corrected chi connectivity index (χ0v) is 13.2. The summed E-state index contributed by atoms with van der Waals surface area (Å²) in [7, 11) is 0. The van der Waals surface area contributed by atoms with Gasteiger partial charge in [0.05, 0.1) is 0 Å². The van der Waals surface area contributed by atoms with Gasteiger partial charge in [-0.2, -0.15) is 0 Å². The molecule has 0 bridgehead atoms. The number of benzene rings is 1. The van der Waals surface area contributed by atoms with E-state index in [-0.39, 0.29) is 6.10 Å². The standard InChI is InChI=1S/C16H18ClNOS/c1-3-18-13-9-15(16-10(2)6-7-20-16)19-14-5-4-11(17)8-12(13)14/h4-8,13,15,18H,3,9H2,1-2H3. The fraction of sp³-hybridized carbons (Fsp3) is 0.375. The SMILES string of the molecule is CCNC1CC(c2sccc2C)Oc2ccc(Cl)cc21. The smallest absolute Gasteiger partial charge is 0.135 e. The summed E-state index contributed by atoms with van der Waals surface area (Å²) in [5, 5.41) is 6.44. The third-order valence-corrected chi connectivity index (χ3v) is 5.06. The Morgan fingerprint density at radius 3 is 2.95 bits per heavy atom. The molecule has 0 saturated carbocycles. The highest BCUT2D eigenvalue weighted by molar-refractivity contribution is 7.10. The van der Waals surface area contributed by atoms with Gasteiger partial charge in [-0.1, -0.05) is 18.5 Å². The summed E-state index contributed by atoms with van der Waals surface area (Å²) in [5.74, 6) is 0.949. The lowest BCUT2D eigenvalue weighted by atomic mass is 9.95. The molecule has 3 rings (SSSR count). The molecule has 1 aliphatic rings. The van der Waals surface area contributed by atoms with Crippen molar-refractivity contribution in [3.63, 3.8) is 0 Å². The molecule has 2 heterocycles. The number of hydrogen-bond donors (Lipinski definition) is 1. The van der Waals surface area contributed by atoms with E-state index in [1.807, 2.05) is 18.2 Å². The van der Waals surface area contributed by atoms with Crippen LogP contribution in [0.5, 0.6) is 5.75 Å². The molecule has 20 heavy (non-hydrogen) atoms. The fourth-order valence-corrected chi connectivity index (χ4v) is 3.91. The van der Waals surface area contributed by atoms with E-state index >= 15 is 0 Å². The van der Waals surface area contributed by atoms with Gasteiger partial charge in [-0.25, -0.2) is 0 Å². The van der Waals surface area contributed by atoms with Crippen LogP contribution in [0, 0.1) is 6.92 Å². The molecular formula is C16H18ClNOS. The van der Waals surface area contributed by atoms with Crippen molar-refractivity contribution in [3.8, 4) is 5.75 Å². The van der Waals surface area contributed by atoms with Gasteiger partial charge in [0, 0.05) is 27.9 Å². The summed E-state index contributed by atoms with van der Waals surface area (Å²) in [6, 6.07) is 8.35. The van der Waals surface area contributed by atoms with Gasteiger partial charge in [-0.15, -0.1) is 11.3 Å². The zero-order valence-electron chi connectivity index (χ0n) is 11.7. The van der Waals surface area contributed by atoms with Crippen LogP contribution < -0.4 is 10.1 Å². The predicted molar refractivity (Wildman–Crippen MR) is 84.9 cm³/mol. The van der Waals surface area contributed by atoms with Gasteiger partial charge in [0.25, 0.3) is 0 Å². The maximum Gasteiger partial charge on any atom is 0.135 e. The Bertz CT molecular complexity index is 610. The van der Waals surface area contributed by atoms with E-state index in [2.05, 4.69) is 30.6 Å². The second kappa shape index (κ2) is 5.76. The number of hydrogen-bond acceptors (Lipinski definition) is 3. The fourth-order valence-electron chi connectivity index (χ4n) is 2.76. The van der Waals surface area contributed by atoms with Gasteiger partial charge in [0.1, 0.15) is 11.9 Å². The van der Waals surface area contributed by atoms with Crippen molar-refractivity contribution in [1.29, 1.82) is 0 Å². The molecule has 2 unspecified atom stereocenters. The van der Waals surface area contributed by atoms with Crippen LogP contribution in [0.15, 0.2) is 29.6 Å². The first-order valence-corrected chi connectivity index (χ1v) is 8.18. The number of halogens is 1. The van der Waals surface area contributed by atoms with Crippen LogP contribution >= 0.6 is 22.9 Å². The Kier molecular flexibility index (Phi) is 4.01. The summed E-state index contributed by atoms with van der Waals surface area (Å²) < 4.78 is 6.20. The Morgan fingerprint density at radius 1 is 1.40 bits per heavy atom. The predicted octanol–water partition coefficient (Wildman–Crippen LogP) is 4.88. The molecule has 0 aliphatic carbocycles. The van der Waals surface area contributed by atoms with Crippen LogP contribution in [0.1, 0.15) is 41.5 Å². The average Bonchev–Trinajstić information content (AvgIpc) is 2.85. The highest BCUT2D eigenvalue weighted by Crippen LogP contribution is 2.43. The van der Waals surface area contributed by atoms with E-state index in [1.54, 1.807) is 11.3 Å². The molecule has 4 heteroatoms. The van der Waals surface area contributed by atoms with Crippen LogP contribution in [0.2, 0.25) is 5.02 Å². The van der Waals surface area contributed by atoms with Gasteiger partial charge < -0.3 is 10.1 Å². The summed E-state index contributed by atoms with van der Waals surface area (Å²) in [5.41, 5.74) is 2.48. The lowest BCUT2D eigenvalue weighted by Crippen LogP contribution is -2.28. The number of ether oxygens (including phenoxy) is 1. The van der Waals surface area contributed by atoms with Crippen molar-refractivity contribution in [1.82, 2.24) is 5.32 Å². The normalized spacial score (nSPS) is 21.4. The maximum atomic E-state index is 6.20. The van der Waals surface area contributed by atoms with Gasteiger partial charge in [-0.3, -0.25) is 0 Å². The number of fused-ring (bicyclic) bond motifs is 1. The number of rotatable bonds is 3. The second-order valence-electron chi connectivity index (χ2n) is 5.10. The molecule has 1 aromatic carbocycles. The second-order valence-corrected chi connectivity index (χ2v) is 6.49. The molecule has 2 aromatic rings. The van der Waals surface area contributed by atoms with Crippen molar-refractivity contribution in [2.45, 2.75) is 32.4 Å². The van der Waals surface area contributed by atoms with Crippen LogP contribution in [0.3, 0.4) is 0 Å². The van der Waals surface area contributed by atoms with E-state index in [4.69, 9.17) is 16.3 Å². The first-order chi connectivity index (χ1) is 9.69. The third kappa shape index (κ3) is 2.58. The quantitative estimate of drug-likeness (QED) is 0.872. The summed E-state index contributed by atoms with van der Waals surface area (Å²) in [4.78, 5) is 1.33. The molecule has 2 nitrogen and oxygen atoms in total. The summed E-state index contributed by atoms with van der Waals surface area (Å²) >= 11 is 7.90. The summed E-state index contributed by atoms with van der Waals surface area (Å²) in [6.07, 6.45) is 1.08. The molecule has 106 valence electrons. The number of thiophene rings is 1. The number of aryl methyl sites for hydroxylation is 1. The Hall–Kier alpha value is -1.03. The molecule has 0 saturated heterocycles. The molecule has 0 amide bonds. The van der Waals surface area contributed by atoms with Gasteiger partial charge in [0.15, 0.2) is 0 Å². The molecule has 0 spiro atoms. The maximum absolute atomic E-state index is 6.20. The van der Waals surface area contributed by atoms with Crippen molar-refractivity contribution in [2.75, 3.05) is 6.54 Å². The van der Waals surface area contributed by atoms with E-state index < -0.39 is 0 Å². The highest BCUT2D eigenvalue weighted by Gasteiger charge is 2.30. The number of nitrogens with one attached hydrogen (secondary N) is 1. The monoisotopic (exact) mass is 307 g/mol. The lowest BCUT2D eigenvalue weighted by molar-refractivity contribution is 0.155. The first-order valence-electron chi connectivity index (χ1n) is 6.92. The van der Waals surface area contributed by atoms with Gasteiger partial charge >= 0.3 is 0 Å². The molecule has 1 aromatic heterocycles. The lowest BCUT2D eigenvalue weighted by Gasteiger charge is -2.32. The van der Waals surface area contributed by atoms with E-state index in [1.165, 1.54) is 16.0 Å². The van der Waals surface area contributed by atoms with Gasteiger partial charge in [-0.05, 0) is 48.7 Å². The van der Waals surface area contributed by atoms with Crippen molar-refractivity contribution in [3.05, 3.63) is 50.7 Å². The minimum atomic E-state index is 0.132.